The van der Waals surface area contributed by atoms with Crippen molar-refractivity contribution in [3.8, 4) is 23.0 Å². The van der Waals surface area contributed by atoms with Gasteiger partial charge in [-0.2, -0.15) is 0 Å². The van der Waals surface area contributed by atoms with E-state index >= 15 is 0 Å². The van der Waals surface area contributed by atoms with Crippen molar-refractivity contribution in [1.82, 2.24) is 0 Å². The maximum atomic E-state index is 13.5. The van der Waals surface area contributed by atoms with E-state index in [-0.39, 0.29) is 29.4 Å². The second kappa shape index (κ2) is 12.9. The molecule has 3 aromatic carbocycles. The van der Waals surface area contributed by atoms with E-state index in [1.807, 2.05) is 6.07 Å². The summed E-state index contributed by atoms with van der Waals surface area (Å²) in [5.74, 6) is -2.05. The largest absolute Gasteiger partial charge is 0.497 e. The number of hydrogen-bond donors (Lipinski definition) is 4. The molecule has 2 fully saturated rings. The van der Waals surface area contributed by atoms with Crippen molar-refractivity contribution in [3.05, 3.63) is 83.4 Å². The molecule has 3 aromatic rings. The first-order chi connectivity index (χ1) is 22.7. The fourth-order valence-corrected chi connectivity index (χ4v) is 7.11. The molecule has 0 amide bonds. The Morgan fingerprint density at radius 3 is 2.32 bits per heavy atom. The van der Waals surface area contributed by atoms with Crippen LogP contribution in [-0.2, 0) is 34.9 Å². The van der Waals surface area contributed by atoms with Crippen LogP contribution in [0.1, 0.15) is 22.6 Å². The number of fused-ring (bicyclic) bond motifs is 3. The first-order valence-electron chi connectivity index (χ1n) is 15.0. The summed E-state index contributed by atoms with van der Waals surface area (Å²) < 4.78 is 46.2. The van der Waals surface area contributed by atoms with Crippen molar-refractivity contribution in [1.29, 1.82) is 0 Å². The maximum Gasteiger partial charge on any atom is 0.312 e. The number of benzene rings is 3. The van der Waals surface area contributed by atoms with Crippen LogP contribution < -0.4 is 18.9 Å². The number of aliphatic hydroxyl groups excluding tert-OH is 3. The molecule has 2 aliphatic heterocycles. The van der Waals surface area contributed by atoms with Gasteiger partial charge in [0.2, 0.25) is 6.29 Å². The number of aliphatic hydroxyl groups is 4. The normalized spacial score (nSPS) is 31.7. The second-order valence-electron chi connectivity index (χ2n) is 11.6. The Balaban J connectivity index is 1.52. The summed E-state index contributed by atoms with van der Waals surface area (Å²) in [5, 5.41) is 44.7. The number of carbonyl (C=O) groups excluding carboxylic acids is 1. The van der Waals surface area contributed by atoms with Gasteiger partial charge in [-0.05, 0) is 23.3 Å². The van der Waals surface area contributed by atoms with Gasteiger partial charge in [0, 0.05) is 25.2 Å². The minimum absolute atomic E-state index is 0.0474. The van der Waals surface area contributed by atoms with E-state index in [0.29, 0.717) is 16.9 Å². The van der Waals surface area contributed by atoms with Crippen LogP contribution in [0.4, 0.5) is 0 Å². The van der Waals surface area contributed by atoms with Crippen LogP contribution in [0.15, 0.2) is 66.7 Å². The molecular formula is C34H38O13. The van der Waals surface area contributed by atoms with Gasteiger partial charge in [0.1, 0.15) is 41.3 Å². The van der Waals surface area contributed by atoms with Crippen molar-refractivity contribution in [2.75, 3.05) is 41.7 Å². The van der Waals surface area contributed by atoms with Crippen LogP contribution in [0, 0.1) is 5.92 Å². The number of carbonyl (C=O) groups is 1. The molecule has 2 heterocycles. The third kappa shape index (κ3) is 5.10. The van der Waals surface area contributed by atoms with Gasteiger partial charge in [-0.15, -0.1) is 0 Å². The Labute approximate surface area is 271 Å². The predicted octanol–water partition coefficient (Wildman–Crippen LogP) is 1.57. The first-order valence-corrected chi connectivity index (χ1v) is 15.0. The molecular weight excluding hydrogens is 616 g/mol. The molecule has 13 nitrogen and oxygen atoms in total. The van der Waals surface area contributed by atoms with Crippen LogP contribution in [0.25, 0.3) is 0 Å². The zero-order valence-electron chi connectivity index (χ0n) is 26.3. The standard InChI is InChI=1S/C34H38O13/c1-40-20-12-10-19(11-13-20)34-27(18-8-6-5-7-9-18)26(30(38)42-3)29(37)33(34,39)28-23(41-2)14-21(15-24(28)47-34)45-32-31(43-4)44-17-25(46-32)22(36)16-35/h5-15,22,25-27,29,31-32,35-37,39H,16-17H2,1-4H3/t22-,25-,26?,27?,29?,31-,32-,33?,34?/m1/s1. The Hall–Kier alpha value is -3.95. The average Bonchev–Trinajstić information content (AvgIpc) is 3.49. The quantitative estimate of drug-likeness (QED) is 0.233. The van der Waals surface area contributed by atoms with Gasteiger partial charge in [-0.3, -0.25) is 4.79 Å². The number of rotatable bonds is 10. The van der Waals surface area contributed by atoms with Crippen LogP contribution in [0.2, 0.25) is 0 Å². The number of methoxy groups -OCH3 is 4. The van der Waals surface area contributed by atoms with Gasteiger partial charge in [0.15, 0.2) is 11.2 Å². The summed E-state index contributed by atoms with van der Waals surface area (Å²) >= 11 is 0. The zero-order valence-corrected chi connectivity index (χ0v) is 26.3. The molecule has 9 atom stereocenters. The molecule has 4 N–H and O–H groups in total. The fourth-order valence-electron chi connectivity index (χ4n) is 7.11. The minimum Gasteiger partial charge on any atom is -0.497 e. The average molecular weight is 655 g/mol. The summed E-state index contributed by atoms with van der Waals surface area (Å²) in [6.07, 6.45) is -6.03. The summed E-state index contributed by atoms with van der Waals surface area (Å²) in [7, 11) is 5.54. The van der Waals surface area contributed by atoms with Crippen LogP contribution in [-0.4, -0.2) is 98.9 Å². The minimum atomic E-state index is -2.25. The molecule has 0 aromatic heterocycles. The number of esters is 1. The number of ether oxygens (including phenoxy) is 8. The van der Waals surface area contributed by atoms with Crippen LogP contribution >= 0.6 is 0 Å². The van der Waals surface area contributed by atoms with Gasteiger partial charge in [-0.1, -0.05) is 42.5 Å². The van der Waals surface area contributed by atoms with E-state index in [1.54, 1.807) is 48.5 Å². The molecule has 5 unspecified atom stereocenters. The van der Waals surface area contributed by atoms with Gasteiger partial charge in [-0.25, -0.2) is 0 Å². The lowest BCUT2D eigenvalue weighted by Gasteiger charge is -2.40. The third-order valence-electron chi connectivity index (χ3n) is 9.25. The summed E-state index contributed by atoms with van der Waals surface area (Å²) in [5.41, 5.74) is -2.88. The molecule has 1 saturated heterocycles. The lowest BCUT2D eigenvalue weighted by molar-refractivity contribution is -0.324. The van der Waals surface area contributed by atoms with Gasteiger partial charge in [0.25, 0.3) is 6.29 Å². The molecule has 6 rings (SSSR count). The Kier molecular flexibility index (Phi) is 9.06. The lowest BCUT2D eigenvalue weighted by Crippen LogP contribution is -2.52. The van der Waals surface area contributed by atoms with E-state index in [0.717, 1.165) is 0 Å². The Morgan fingerprint density at radius 1 is 0.979 bits per heavy atom. The fraction of sp³-hybridized carbons (Fsp3) is 0.441. The summed E-state index contributed by atoms with van der Waals surface area (Å²) in [4.78, 5) is 13.5. The van der Waals surface area contributed by atoms with E-state index in [2.05, 4.69) is 0 Å². The highest BCUT2D eigenvalue weighted by Crippen LogP contribution is 2.70. The van der Waals surface area contributed by atoms with E-state index in [4.69, 9.17) is 37.9 Å². The van der Waals surface area contributed by atoms with Gasteiger partial charge >= 0.3 is 5.97 Å². The summed E-state index contributed by atoms with van der Waals surface area (Å²) in [6, 6.07) is 18.8. The molecule has 3 aliphatic rings. The Morgan fingerprint density at radius 2 is 1.70 bits per heavy atom. The second-order valence-corrected chi connectivity index (χ2v) is 11.6. The van der Waals surface area contributed by atoms with Crippen molar-refractivity contribution in [3.63, 3.8) is 0 Å². The van der Waals surface area contributed by atoms with Crippen molar-refractivity contribution in [2.45, 2.75) is 48.0 Å². The molecule has 252 valence electrons. The van der Waals surface area contributed by atoms with E-state index < -0.39 is 66.5 Å². The highest BCUT2D eigenvalue weighted by Gasteiger charge is 2.78. The monoisotopic (exact) mass is 654 g/mol. The van der Waals surface area contributed by atoms with E-state index in [1.165, 1.54) is 40.6 Å². The highest BCUT2D eigenvalue weighted by atomic mass is 16.8. The van der Waals surface area contributed by atoms with Gasteiger partial charge in [0.05, 0.1) is 46.0 Å². The molecule has 1 aliphatic carbocycles. The molecule has 13 heteroatoms. The zero-order chi connectivity index (χ0) is 33.5. The molecule has 0 bridgehead atoms. The Bertz CT molecular complexity index is 1570. The van der Waals surface area contributed by atoms with Crippen molar-refractivity contribution >= 4 is 5.97 Å². The van der Waals surface area contributed by atoms with Crippen LogP contribution in [0.5, 0.6) is 23.0 Å². The smallest absolute Gasteiger partial charge is 0.312 e. The summed E-state index contributed by atoms with van der Waals surface area (Å²) in [6.45, 7) is -0.601. The molecule has 1 saturated carbocycles. The van der Waals surface area contributed by atoms with E-state index in [9.17, 15) is 25.2 Å². The maximum absolute atomic E-state index is 13.5. The van der Waals surface area contributed by atoms with Gasteiger partial charge < -0.3 is 58.3 Å². The SMILES string of the molecule is COC(=O)C1C(O)C2(O)c3c(OC)cc(O[C@@H]4O[C@@H]([C@H](O)CO)CO[C@H]4OC)cc3OC2(c2ccc(OC)cc2)C1c1ccccc1. The van der Waals surface area contributed by atoms with Crippen molar-refractivity contribution in [2.24, 2.45) is 5.92 Å². The molecule has 0 spiro atoms. The predicted molar refractivity (Wildman–Crippen MR) is 162 cm³/mol. The number of hydrogen-bond acceptors (Lipinski definition) is 13. The molecule has 47 heavy (non-hydrogen) atoms. The van der Waals surface area contributed by atoms with Crippen LogP contribution in [0.3, 0.4) is 0 Å². The third-order valence-corrected chi connectivity index (χ3v) is 9.25. The lowest BCUT2D eigenvalue weighted by atomic mass is 9.70. The topological polar surface area (TPSA) is 172 Å². The molecule has 0 radical (unpaired) electrons. The van der Waals surface area contributed by atoms with Crippen molar-refractivity contribution < 1.29 is 63.1 Å². The first kappa shape index (κ1) is 33.0. The highest BCUT2D eigenvalue weighted by molar-refractivity contribution is 5.78.